The van der Waals surface area contributed by atoms with Crippen molar-refractivity contribution in [3.8, 4) is 0 Å². The van der Waals surface area contributed by atoms with Gasteiger partial charge >= 0.3 is 0 Å². The maximum atomic E-state index is 5.87. The van der Waals surface area contributed by atoms with Gasteiger partial charge in [-0.15, -0.1) is 0 Å². The Hall–Kier alpha value is -0.860. The van der Waals surface area contributed by atoms with E-state index >= 15 is 0 Å². The molecule has 1 rings (SSSR count). The van der Waals surface area contributed by atoms with Crippen molar-refractivity contribution in [1.29, 1.82) is 0 Å². The average molecular weight is 234 g/mol. The average Bonchev–Trinajstić information content (AvgIpc) is 2.24. The van der Waals surface area contributed by atoms with Gasteiger partial charge in [-0.1, -0.05) is 43.2 Å². The van der Waals surface area contributed by atoms with Gasteiger partial charge < -0.3 is 11.1 Å². The zero-order valence-corrected chi connectivity index (χ0v) is 11.8. The van der Waals surface area contributed by atoms with E-state index in [-0.39, 0.29) is 5.54 Å². The van der Waals surface area contributed by atoms with Crippen molar-refractivity contribution in [3.63, 3.8) is 0 Å². The van der Waals surface area contributed by atoms with E-state index in [0.717, 1.165) is 6.54 Å². The molecule has 2 nitrogen and oxygen atoms in total. The highest BCUT2D eigenvalue weighted by molar-refractivity contribution is 5.28. The maximum absolute atomic E-state index is 5.87. The van der Waals surface area contributed by atoms with Crippen LogP contribution in [0.15, 0.2) is 18.2 Å². The van der Waals surface area contributed by atoms with E-state index in [1.807, 2.05) is 0 Å². The largest absolute Gasteiger partial charge is 0.329 e. The van der Waals surface area contributed by atoms with Crippen molar-refractivity contribution in [2.75, 3.05) is 6.54 Å². The van der Waals surface area contributed by atoms with Crippen molar-refractivity contribution < 1.29 is 0 Å². The molecule has 0 amide bonds. The van der Waals surface area contributed by atoms with Crippen LogP contribution in [0.25, 0.3) is 0 Å². The second kappa shape index (κ2) is 5.65. The van der Waals surface area contributed by atoms with Gasteiger partial charge in [-0.25, -0.2) is 0 Å². The Morgan fingerprint density at radius 1 is 1.18 bits per heavy atom. The summed E-state index contributed by atoms with van der Waals surface area (Å²) >= 11 is 0. The first-order chi connectivity index (χ1) is 7.87. The van der Waals surface area contributed by atoms with Gasteiger partial charge in [0.05, 0.1) is 0 Å². The maximum Gasteiger partial charge on any atom is 0.0301 e. The first-order valence-corrected chi connectivity index (χ1v) is 6.39. The Balaban J connectivity index is 2.72. The molecule has 2 heteroatoms. The first kappa shape index (κ1) is 14.2. The van der Waals surface area contributed by atoms with Crippen LogP contribution in [0.4, 0.5) is 0 Å². The third kappa shape index (κ3) is 3.83. The van der Waals surface area contributed by atoms with E-state index < -0.39 is 0 Å². The molecule has 0 saturated heterocycles. The normalized spacial score (nSPS) is 15.0. The SMILES string of the molecule is Cc1cc(C)cc(CNC(C)(CN)C(C)C)c1. The summed E-state index contributed by atoms with van der Waals surface area (Å²) in [4.78, 5) is 0. The van der Waals surface area contributed by atoms with Crippen molar-refractivity contribution in [2.24, 2.45) is 11.7 Å². The molecule has 3 N–H and O–H groups in total. The summed E-state index contributed by atoms with van der Waals surface area (Å²) in [7, 11) is 0. The fourth-order valence-corrected chi connectivity index (χ4v) is 1.99. The highest BCUT2D eigenvalue weighted by Crippen LogP contribution is 2.16. The van der Waals surface area contributed by atoms with Gasteiger partial charge in [0.25, 0.3) is 0 Å². The molecule has 1 atom stereocenters. The van der Waals surface area contributed by atoms with Crippen LogP contribution in [0.2, 0.25) is 0 Å². The number of nitrogens with one attached hydrogen (secondary N) is 1. The van der Waals surface area contributed by atoms with Crippen molar-refractivity contribution in [3.05, 3.63) is 34.9 Å². The van der Waals surface area contributed by atoms with Crippen molar-refractivity contribution >= 4 is 0 Å². The minimum absolute atomic E-state index is 0.0116. The topological polar surface area (TPSA) is 38.0 Å². The lowest BCUT2D eigenvalue weighted by molar-refractivity contribution is 0.267. The standard InChI is InChI=1S/C15H26N2/c1-11(2)15(5,10-16)17-9-14-7-12(3)6-13(4)8-14/h6-8,11,17H,9-10,16H2,1-5H3. The van der Waals surface area contributed by atoms with Crippen LogP contribution in [-0.4, -0.2) is 12.1 Å². The molecule has 17 heavy (non-hydrogen) atoms. The molecule has 0 spiro atoms. The van der Waals surface area contributed by atoms with Gasteiger partial charge in [-0.05, 0) is 32.3 Å². The number of nitrogens with two attached hydrogens (primary N) is 1. The van der Waals surface area contributed by atoms with Crippen LogP contribution in [-0.2, 0) is 6.54 Å². The molecule has 0 fully saturated rings. The third-order valence-electron chi connectivity index (χ3n) is 3.68. The Morgan fingerprint density at radius 2 is 1.71 bits per heavy atom. The fourth-order valence-electron chi connectivity index (χ4n) is 1.99. The first-order valence-electron chi connectivity index (χ1n) is 6.39. The lowest BCUT2D eigenvalue weighted by Crippen LogP contribution is -2.52. The predicted octanol–water partition coefficient (Wildman–Crippen LogP) is 2.77. The third-order valence-corrected chi connectivity index (χ3v) is 3.68. The smallest absolute Gasteiger partial charge is 0.0301 e. The lowest BCUT2D eigenvalue weighted by atomic mass is 9.88. The van der Waals surface area contributed by atoms with E-state index in [4.69, 9.17) is 5.73 Å². The summed E-state index contributed by atoms with van der Waals surface area (Å²) < 4.78 is 0. The summed E-state index contributed by atoms with van der Waals surface area (Å²) in [5.41, 5.74) is 9.86. The quantitative estimate of drug-likeness (QED) is 0.822. The van der Waals surface area contributed by atoms with E-state index in [2.05, 4.69) is 58.1 Å². The molecule has 1 aromatic carbocycles. The molecule has 0 saturated carbocycles. The van der Waals surface area contributed by atoms with Gasteiger partial charge in [-0.2, -0.15) is 0 Å². The second-order valence-corrected chi connectivity index (χ2v) is 5.63. The highest BCUT2D eigenvalue weighted by atomic mass is 15.0. The van der Waals surface area contributed by atoms with Gasteiger partial charge in [-0.3, -0.25) is 0 Å². The Morgan fingerprint density at radius 3 is 2.12 bits per heavy atom. The summed E-state index contributed by atoms with van der Waals surface area (Å²) in [6.45, 7) is 12.4. The molecule has 96 valence electrons. The Kier molecular flexibility index (Phi) is 4.72. The number of hydrogen-bond donors (Lipinski definition) is 2. The summed E-state index contributed by atoms with van der Waals surface area (Å²) in [5, 5.41) is 3.59. The summed E-state index contributed by atoms with van der Waals surface area (Å²) in [6, 6.07) is 6.67. The number of benzene rings is 1. The molecule has 1 unspecified atom stereocenters. The number of hydrogen-bond acceptors (Lipinski definition) is 2. The second-order valence-electron chi connectivity index (χ2n) is 5.63. The van der Waals surface area contributed by atoms with E-state index in [1.165, 1.54) is 16.7 Å². The molecule has 1 aromatic rings. The van der Waals surface area contributed by atoms with E-state index in [0.29, 0.717) is 12.5 Å². The van der Waals surface area contributed by atoms with Gasteiger partial charge in [0.2, 0.25) is 0 Å². The lowest BCUT2D eigenvalue weighted by Gasteiger charge is -2.34. The zero-order valence-electron chi connectivity index (χ0n) is 11.8. The number of rotatable bonds is 5. The molecule has 0 heterocycles. The van der Waals surface area contributed by atoms with Gasteiger partial charge in [0, 0.05) is 18.6 Å². The molecule has 0 bridgehead atoms. The van der Waals surface area contributed by atoms with Gasteiger partial charge in [0.1, 0.15) is 0 Å². The minimum atomic E-state index is 0.0116. The van der Waals surface area contributed by atoms with Crippen LogP contribution in [0.1, 0.15) is 37.5 Å². The molecular weight excluding hydrogens is 208 g/mol. The van der Waals surface area contributed by atoms with Crippen LogP contribution < -0.4 is 11.1 Å². The minimum Gasteiger partial charge on any atom is -0.329 e. The van der Waals surface area contributed by atoms with Crippen LogP contribution in [0.3, 0.4) is 0 Å². The van der Waals surface area contributed by atoms with Crippen molar-refractivity contribution in [2.45, 2.75) is 46.7 Å². The molecular formula is C15H26N2. The van der Waals surface area contributed by atoms with E-state index in [9.17, 15) is 0 Å². The van der Waals surface area contributed by atoms with Crippen LogP contribution >= 0.6 is 0 Å². The molecule has 0 aromatic heterocycles. The monoisotopic (exact) mass is 234 g/mol. The zero-order chi connectivity index (χ0) is 13.1. The van der Waals surface area contributed by atoms with Crippen LogP contribution in [0.5, 0.6) is 0 Å². The molecule has 0 aliphatic heterocycles. The van der Waals surface area contributed by atoms with Crippen LogP contribution in [0, 0.1) is 19.8 Å². The van der Waals surface area contributed by atoms with Gasteiger partial charge in [0.15, 0.2) is 0 Å². The Labute approximate surface area is 106 Å². The highest BCUT2D eigenvalue weighted by Gasteiger charge is 2.25. The predicted molar refractivity (Wildman–Crippen MR) is 75.1 cm³/mol. The fraction of sp³-hybridized carbons (Fsp3) is 0.600. The molecule has 0 aliphatic carbocycles. The number of aryl methyl sites for hydroxylation is 2. The van der Waals surface area contributed by atoms with E-state index in [1.54, 1.807) is 0 Å². The summed E-state index contributed by atoms with van der Waals surface area (Å²) in [5.74, 6) is 0.526. The molecule has 0 aliphatic rings. The Bertz CT molecular complexity index is 351. The van der Waals surface area contributed by atoms with Crippen molar-refractivity contribution in [1.82, 2.24) is 5.32 Å². The molecule has 0 radical (unpaired) electrons. The summed E-state index contributed by atoms with van der Waals surface area (Å²) in [6.07, 6.45) is 0.